The summed E-state index contributed by atoms with van der Waals surface area (Å²) in [5.41, 5.74) is 0. The highest BCUT2D eigenvalue weighted by molar-refractivity contribution is 7.47. The summed E-state index contributed by atoms with van der Waals surface area (Å²) in [5, 5.41) is 14.0. The van der Waals surface area contributed by atoms with E-state index in [1.54, 1.807) is 6.08 Å². The molecule has 536 valence electrons. The molecule has 0 spiro atoms. The molecular formula is C84H150N2O6P+. The van der Waals surface area contributed by atoms with Crippen LogP contribution in [-0.4, -0.2) is 73.4 Å². The molecule has 3 atom stereocenters. The van der Waals surface area contributed by atoms with Crippen LogP contribution < -0.4 is 5.32 Å². The van der Waals surface area contributed by atoms with E-state index in [0.29, 0.717) is 17.4 Å². The van der Waals surface area contributed by atoms with Gasteiger partial charge in [-0.15, -0.1) is 0 Å². The van der Waals surface area contributed by atoms with Crippen molar-refractivity contribution in [2.45, 2.75) is 353 Å². The van der Waals surface area contributed by atoms with Crippen molar-refractivity contribution in [3.05, 3.63) is 134 Å². The van der Waals surface area contributed by atoms with Gasteiger partial charge in [0.1, 0.15) is 13.2 Å². The minimum absolute atomic E-state index is 0.0487. The van der Waals surface area contributed by atoms with E-state index >= 15 is 0 Å². The number of phosphoric ester groups is 1. The number of phosphoric acid groups is 1. The lowest BCUT2D eigenvalue weighted by Gasteiger charge is -2.25. The monoisotopic (exact) mass is 1310 g/mol. The maximum Gasteiger partial charge on any atom is 0.472 e. The highest BCUT2D eigenvalue weighted by Crippen LogP contribution is 2.43. The number of nitrogens with zero attached hydrogens (tertiary/aromatic N) is 1. The van der Waals surface area contributed by atoms with Gasteiger partial charge in [0.25, 0.3) is 0 Å². The molecule has 0 fully saturated rings. The van der Waals surface area contributed by atoms with Crippen LogP contribution in [0.4, 0.5) is 0 Å². The Morgan fingerprint density at radius 3 is 0.989 bits per heavy atom. The van der Waals surface area contributed by atoms with E-state index in [-0.39, 0.29) is 19.1 Å². The molecule has 0 aromatic rings. The zero-order chi connectivity index (χ0) is 67.6. The molecule has 0 rings (SSSR count). The normalized spacial score (nSPS) is 14.3. The molecule has 0 saturated carbocycles. The Morgan fingerprint density at radius 2 is 0.656 bits per heavy atom. The molecular weight excluding hydrogens is 1160 g/mol. The maximum absolute atomic E-state index is 13.1. The number of hydrogen-bond donors (Lipinski definition) is 3. The molecule has 0 saturated heterocycles. The van der Waals surface area contributed by atoms with Gasteiger partial charge in [-0.25, -0.2) is 4.57 Å². The second-order valence-corrected chi connectivity index (χ2v) is 28.8. The van der Waals surface area contributed by atoms with Crippen molar-refractivity contribution in [1.82, 2.24) is 5.32 Å². The average molecular weight is 1320 g/mol. The second-order valence-electron chi connectivity index (χ2n) is 27.3. The second kappa shape index (κ2) is 72.9. The minimum Gasteiger partial charge on any atom is -0.387 e. The number of carbonyl (C=O) groups is 1. The lowest BCUT2D eigenvalue weighted by molar-refractivity contribution is -0.870. The first-order chi connectivity index (χ1) is 45.5. The number of hydrogen-bond acceptors (Lipinski definition) is 5. The predicted molar refractivity (Wildman–Crippen MR) is 410 cm³/mol. The van der Waals surface area contributed by atoms with Crippen molar-refractivity contribution in [2.75, 3.05) is 40.9 Å². The van der Waals surface area contributed by atoms with Crippen molar-refractivity contribution in [2.24, 2.45) is 0 Å². The summed E-state index contributed by atoms with van der Waals surface area (Å²) in [4.78, 5) is 23.5. The Labute approximate surface area is 576 Å². The fourth-order valence-corrected chi connectivity index (χ4v) is 11.8. The Hall–Kier alpha value is -3.36. The van der Waals surface area contributed by atoms with Crippen LogP contribution in [0.5, 0.6) is 0 Å². The first kappa shape index (κ1) is 89.6. The first-order valence-electron chi connectivity index (χ1n) is 39.1. The van der Waals surface area contributed by atoms with Crippen LogP contribution in [0.15, 0.2) is 134 Å². The number of quaternary nitrogens is 1. The molecule has 1 amide bonds. The molecule has 0 heterocycles. The molecule has 9 heteroatoms. The van der Waals surface area contributed by atoms with Gasteiger partial charge in [0, 0.05) is 6.42 Å². The van der Waals surface area contributed by atoms with E-state index in [0.717, 1.165) is 96.3 Å². The Bertz CT molecular complexity index is 1990. The van der Waals surface area contributed by atoms with E-state index in [9.17, 15) is 19.4 Å². The molecule has 3 N–H and O–H groups in total. The van der Waals surface area contributed by atoms with Crippen LogP contribution in [0, 0.1) is 0 Å². The lowest BCUT2D eigenvalue weighted by atomic mass is 10.0. The molecule has 0 bridgehead atoms. The highest BCUT2D eigenvalue weighted by atomic mass is 31.2. The Morgan fingerprint density at radius 1 is 0.376 bits per heavy atom. The van der Waals surface area contributed by atoms with E-state index in [1.807, 2.05) is 27.2 Å². The summed E-state index contributed by atoms with van der Waals surface area (Å²) in [5.74, 6) is -0.193. The third-order valence-corrected chi connectivity index (χ3v) is 18.1. The topological polar surface area (TPSA) is 105 Å². The van der Waals surface area contributed by atoms with Crippen LogP contribution in [0.3, 0.4) is 0 Å². The minimum atomic E-state index is -4.38. The third-order valence-electron chi connectivity index (χ3n) is 17.1. The molecule has 0 aliphatic heterocycles. The zero-order valence-corrected chi connectivity index (χ0v) is 62.4. The number of rotatable bonds is 71. The summed E-state index contributed by atoms with van der Waals surface area (Å²) < 4.78 is 23.8. The van der Waals surface area contributed by atoms with Gasteiger partial charge in [0.2, 0.25) is 5.91 Å². The standard InChI is InChI=1S/C84H149N2O6P/c1-6-8-10-12-14-16-18-20-22-24-26-28-30-32-34-36-38-40-41-42-43-44-45-46-48-50-52-54-56-58-60-62-64-66-68-70-72-74-76-78-84(88)85-82(81-92-93(89,90)91-80-79-86(3,4)5)83(87)77-75-73-71-69-67-65-63-61-59-57-55-53-51-49-47-39-37-35-33-31-29-27-25-23-21-19-17-15-13-11-9-7-2/h8,10,14,16,20,22,26,28,32,34,38,40,42-43,45-46,59,61,67,69,75,77,82-83,87H,6-7,9,11-13,15,17-19,21,23-25,27,29-31,33,35-37,39,41,44,47-58,60,62-66,68,70-74,76,78-81H2,1-5H3,(H-,85,88,89,90)/p+1/b10-8-,16-14-,22-20-,28-26-,34-32-,40-38-,43-42-,46-45-,61-59+,69-67+,77-75+. The number of aliphatic hydroxyl groups excluding tert-OH is 1. The number of amides is 1. The lowest BCUT2D eigenvalue weighted by Crippen LogP contribution is -2.45. The molecule has 0 radical (unpaired) electrons. The number of unbranched alkanes of at least 4 members (excludes halogenated alkanes) is 38. The molecule has 0 aromatic heterocycles. The largest absolute Gasteiger partial charge is 0.472 e. The average Bonchev–Trinajstić information content (AvgIpc) is 1.94. The highest BCUT2D eigenvalue weighted by Gasteiger charge is 2.28. The van der Waals surface area contributed by atoms with Gasteiger partial charge < -0.3 is 19.8 Å². The fraction of sp³-hybridized carbons (Fsp3) is 0.726. The Kier molecular flexibility index (Phi) is 70.3. The van der Waals surface area contributed by atoms with Crippen molar-refractivity contribution < 1.29 is 32.9 Å². The van der Waals surface area contributed by atoms with Crippen molar-refractivity contribution >= 4 is 13.7 Å². The fourth-order valence-electron chi connectivity index (χ4n) is 11.1. The van der Waals surface area contributed by atoms with Crippen LogP contribution in [0.2, 0.25) is 0 Å². The summed E-state index contributed by atoms with van der Waals surface area (Å²) >= 11 is 0. The smallest absolute Gasteiger partial charge is 0.387 e. The summed E-state index contributed by atoms with van der Waals surface area (Å²) in [7, 11) is 1.54. The SMILES string of the molecule is CC/C=C\C/C=C\C/C=C\C/C=C\C/C=C\C/C=C\C/C=C\C/C=C\CCCCCCCCCCCCCCCCC(=O)NC(COP(=O)(O)OCC[N+](C)(C)C)C(O)/C=C/CC/C=C/CC/C=C/CCCCCCCCCCCCCCCCCCCCCCCC. The first-order valence-corrected chi connectivity index (χ1v) is 40.6. The molecule has 0 aliphatic rings. The van der Waals surface area contributed by atoms with Gasteiger partial charge in [-0.1, -0.05) is 359 Å². The van der Waals surface area contributed by atoms with Gasteiger partial charge in [0.15, 0.2) is 0 Å². The third kappa shape index (κ3) is 75.9. The molecule has 8 nitrogen and oxygen atoms in total. The van der Waals surface area contributed by atoms with Crippen LogP contribution in [0.1, 0.15) is 341 Å². The maximum atomic E-state index is 13.1. The van der Waals surface area contributed by atoms with Gasteiger partial charge >= 0.3 is 7.82 Å². The van der Waals surface area contributed by atoms with E-state index < -0.39 is 20.0 Å². The van der Waals surface area contributed by atoms with Crippen LogP contribution in [0.25, 0.3) is 0 Å². The van der Waals surface area contributed by atoms with E-state index in [2.05, 4.69) is 141 Å². The van der Waals surface area contributed by atoms with Crippen LogP contribution in [-0.2, 0) is 18.4 Å². The van der Waals surface area contributed by atoms with E-state index in [4.69, 9.17) is 9.05 Å². The molecule has 93 heavy (non-hydrogen) atoms. The number of aliphatic hydroxyl groups is 1. The van der Waals surface area contributed by atoms with Gasteiger partial charge in [-0.2, -0.15) is 0 Å². The molecule has 0 aromatic carbocycles. The summed E-state index contributed by atoms with van der Waals surface area (Å²) in [6.45, 7) is 4.70. The molecule has 0 aliphatic carbocycles. The van der Waals surface area contributed by atoms with Gasteiger partial charge in [0.05, 0.1) is 39.9 Å². The summed E-state index contributed by atoms with van der Waals surface area (Å²) in [6, 6.07) is -0.880. The van der Waals surface area contributed by atoms with Crippen LogP contribution >= 0.6 is 7.82 Å². The van der Waals surface area contributed by atoms with Crippen molar-refractivity contribution in [3.8, 4) is 0 Å². The van der Waals surface area contributed by atoms with E-state index in [1.165, 1.54) is 225 Å². The van der Waals surface area contributed by atoms with Crippen molar-refractivity contribution in [3.63, 3.8) is 0 Å². The Balaban J connectivity index is 4.09. The number of allylic oxidation sites excluding steroid dienone is 21. The summed E-state index contributed by atoms with van der Waals surface area (Å²) in [6.07, 6.45) is 111. The molecule has 3 unspecified atom stereocenters. The van der Waals surface area contributed by atoms with Crippen molar-refractivity contribution in [1.29, 1.82) is 0 Å². The predicted octanol–water partition coefficient (Wildman–Crippen LogP) is 25.7. The van der Waals surface area contributed by atoms with Gasteiger partial charge in [-0.05, 0) is 109 Å². The number of nitrogens with one attached hydrogen (secondary N) is 1. The number of likely N-dealkylation sites (N-methyl/N-ethyl adjacent to an activating group) is 1. The number of carbonyl (C=O) groups excluding carboxylic acids is 1. The quantitative estimate of drug-likeness (QED) is 0.0243. The zero-order valence-electron chi connectivity index (χ0n) is 61.5. The van der Waals surface area contributed by atoms with Gasteiger partial charge in [-0.3, -0.25) is 13.8 Å².